The monoisotopic (exact) mass is 361 g/mol. The zero-order valence-corrected chi connectivity index (χ0v) is 15.5. The molecule has 0 atom stereocenters. The molecule has 2 rings (SSSR count). The molecule has 0 saturated heterocycles. The van der Waals surface area contributed by atoms with Crippen molar-refractivity contribution in [2.75, 3.05) is 6.61 Å². The van der Waals surface area contributed by atoms with Gasteiger partial charge < -0.3 is 19.9 Å². The zero-order chi connectivity index (χ0) is 19.3. The van der Waals surface area contributed by atoms with Gasteiger partial charge in [-0.15, -0.1) is 0 Å². The number of ether oxygens (including phenoxy) is 3. The zero-order valence-electron chi connectivity index (χ0n) is 15.5. The van der Waals surface area contributed by atoms with Crippen LogP contribution in [0.5, 0.6) is 17.2 Å². The smallest absolute Gasteiger partial charge is 0.349 e. The van der Waals surface area contributed by atoms with E-state index in [2.05, 4.69) is 0 Å². The second kappa shape index (κ2) is 8.19. The van der Waals surface area contributed by atoms with Crippen molar-refractivity contribution in [3.8, 4) is 17.2 Å². The maximum Gasteiger partial charge on any atom is 0.349 e. The van der Waals surface area contributed by atoms with Crippen molar-refractivity contribution in [3.63, 3.8) is 0 Å². The van der Waals surface area contributed by atoms with E-state index >= 15 is 0 Å². The highest BCUT2D eigenvalue weighted by atomic mass is 19.1. The molecule has 6 heteroatoms. The van der Waals surface area contributed by atoms with Crippen LogP contribution in [0, 0.1) is 12.7 Å². The van der Waals surface area contributed by atoms with Crippen molar-refractivity contribution in [2.24, 2.45) is 5.73 Å². The van der Waals surface area contributed by atoms with E-state index in [1.54, 1.807) is 45.0 Å². The predicted molar refractivity (Wildman–Crippen MR) is 96.9 cm³/mol. The molecule has 0 saturated carbocycles. The Labute approximate surface area is 152 Å². The lowest BCUT2D eigenvalue weighted by molar-refractivity contribution is -0.158. The average Bonchev–Trinajstić information content (AvgIpc) is 2.59. The van der Waals surface area contributed by atoms with E-state index in [-0.39, 0.29) is 12.4 Å². The molecule has 0 aliphatic carbocycles. The molecule has 0 amide bonds. The molecule has 2 aromatic rings. The lowest BCUT2D eigenvalue weighted by Crippen LogP contribution is -2.39. The van der Waals surface area contributed by atoms with Crippen molar-refractivity contribution in [1.29, 1.82) is 0 Å². The van der Waals surface area contributed by atoms with E-state index in [1.807, 2.05) is 6.92 Å². The fourth-order valence-electron chi connectivity index (χ4n) is 2.33. The molecular formula is C20H24FNO4. The molecule has 2 N–H and O–H groups in total. The molecule has 0 aromatic heterocycles. The molecule has 0 heterocycles. The van der Waals surface area contributed by atoms with Gasteiger partial charge in [0.25, 0.3) is 0 Å². The van der Waals surface area contributed by atoms with Crippen LogP contribution in [0.3, 0.4) is 0 Å². The number of carbonyl (C=O) groups is 1. The van der Waals surface area contributed by atoms with Crippen LogP contribution in [0.1, 0.15) is 31.9 Å². The number of carbonyl (C=O) groups excluding carboxylic acids is 1. The van der Waals surface area contributed by atoms with Gasteiger partial charge in [-0.05, 0) is 69.7 Å². The van der Waals surface area contributed by atoms with Gasteiger partial charge in [0.15, 0.2) is 5.60 Å². The third-order valence-electron chi connectivity index (χ3n) is 3.75. The summed E-state index contributed by atoms with van der Waals surface area (Å²) in [5.41, 5.74) is 5.59. The summed E-state index contributed by atoms with van der Waals surface area (Å²) in [7, 11) is 0. The first-order valence-corrected chi connectivity index (χ1v) is 8.40. The number of aryl methyl sites for hydroxylation is 1. The Morgan fingerprint density at radius 1 is 1.15 bits per heavy atom. The molecule has 0 unspecified atom stereocenters. The van der Waals surface area contributed by atoms with Gasteiger partial charge in [0.2, 0.25) is 0 Å². The molecule has 2 aromatic carbocycles. The lowest BCUT2D eigenvalue weighted by atomic mass is 10.1. The van der Waals surface area contributed by atoms with Gasteiger partial charge in [-0.25, -0.2) is 9.18 Å². The van der Waals surface area contributed by atoms with E-state index in [1.165, 1.54) is 12.1 Å². The average molecular weight is 361 g/mol. The molecular weight excluding hydrogens is 337 g/mol. The number of esters is 1. The highest BCUT2D eigenvalue weighted by Crippen LogP contribution is 2.30. The van der Waals surface area contributed by atoms with Gasteiger partial charge in [-0.2, -0.15) is 0 Å². The fraction of sp³-hybridized carbons (Fsp3) is 0.350. The Morgan fingerprint density at radius 3 is 2.42 bits per heavy atom. The van der Waals surface area contributed by atoms with Gasteiger partial charge in [0.1, 0.15) is 23.1 Å². The molecule has 5 nitrogen and oxygen atoms in total. The molecule has 0 aliphatic heterocycles. The number of hydrogen-bond donors (Lipinski definition) is 1. The van der Waals surface area contributed by atoms with Crippen molar-refractivity contribution >= 4 is 5.97 Å². The SMILES string of the molecule is CCOC(=O)C(C)(C)Oc1ccc(Oc2ccc(F)c(CN)c2)cc1C. The van der Waals surface area contributed by atoms with Gasteiger partial charge in [0, 0.05) is 12.1 Å². The Hall–Kier alpha value is -2.60. The van der Waals surface area contributed by atoms with Gasteiger partial charge in [0.05, 0.1) is 6.61 Å². The van der Waals surface area contributed by atoms with Crippen LogP contribution in [-0.2, 0) is 16.1 Å². The summed E-state index contributed by atoms with van der Waals surface area (Å²) in [4.78, 5) is 12.0. The maximum atomic E-state index is 13.5. The summed E-state index contributed by atoms with van der Waals surface area (Å²) in [6, 6.07) is 9.65. The van der Waals surface area contributed by atoms with Crippen LogP contribution in [0.4, 0.5) is 4.39 Å². The molecule has 0 aliphatic rings. The van der Waals surface area contributed by atoms with Gasteiger partial charge in [-0.3, -0.25) is 0 Å². The summed E-state index contributed by atoms with van der Waals surface area (Å²) in [5, 5.41) is 0. The van der Waals surface area contributed by atoms with Crippen molar-refractivity contribution < 1.29 is 23.4 Å². The second-order valence-electron chi connectivity index (χ2n) is 6.32. The lowest BCUT2D eigenvalue weighted by Gasteiger charge is -2.25. The first kappa shape index (κ1) is 19.7. The number of hydrogen-bond acceptors (Lipinski definition) is 5. The molecule has 0 bridgehead atoms. The van der Waals surface area contributed by atoms with Gasteiger partial charge in [-0.1, -0.05) is 0 Å². The fourth-order valence-corrected chi connectivity index (χ4v) is 2.33. The normalized spacial score (nSPS) is 11.2. The van der Waals surface area contributed by atoms with E-state index < -0.39 is 11.6 Å². The summed E-state index contributed by atoms with van der Waals surface area (Å²) in [6.07, 6.45) is 0. The molecule has 0 fully saturated rings. The van der Waals surface area contributed by atoms with Gasteiger partial charge >= 0.3 is 5.97 Å². The maximum absolute atomic E-state index is 13.5. The topological polar surface area (TPSA) is 70.8 Å². The summed E-state index contributed by atoms with van der Waals surface area (Å²) in [6.45, 7) is 7.29. The van der Waals surface area contributed by atoms with E-state index in [4.69, 9.17) is 19.9 Å². The van der Waals surface area contributed by atoms with Crippen molar-refractivity contribution in [1.82, 2.24) is 0 Å². The number of rotatable bonds is 7. The summed E-state index contributed by atoms with van der Waals surface area (Å²) >= 11 is 0. The first-order chi connectivity index (χ1) is 12.3. The summed E-state index contributed by atoms with van der Waals surface area (Å²) in [5.74, 6) is 0.823. The van der Waals surface area contributed by atoms with E-state index in [9.17, 15) is 9.18 Å². The number of benzene rings is 2. The summed E-state index contributed by atoms with van der Waals surface area (Å²) < 4.78 is 30.1. The van der Waals surface area contributed by atoms with Crippen LogP contribution in [0.2, 0.25) is 0 Å². The quantitative estimate of drug-likeness (QED) is 0.752. The van der Waals surface area contributed by atoms with Crippen LogP contribution in [-0.4, -0.2) is 18.2 Å². The predicted octanol–water partition coefficient (Wildman–Crippen LogP) is 4.11. The third-order valence-corrected chi connectivity index (χ3v) is 3.75. The van der Waals surface area contributed by atoms with Crippen molar-refractivity contribution in [3.05, 3.63) is 53.3 Å². The second-order valence-corrected chi connectivity index (χ2v) is 6.32. The molecule has 140 valence electrons. The highest BCUT2D eigenvalue weighted by molar-refractivity contribution is 5.79. The van der Waals surface area contributed by atoms with Crippen LogP contribution < -0.4 is 15.2 Å². The van der Waals surface area contributed by atoms with Crippen molar-refractivity contribution in [2.45, 2.75) is 39.8 Å². The Morgan fingerprint density at radius 2 is 1.81 bits per heavy atom. The molecule has 26 heavy (non-hydrogen) atoms. The standard InChI is InChI=1S/C20H24FNO4/c1-5-24-19(23)20(3,4)26-18-9-7-15(10-13(18)2)25-16-6-8-17(21)14(11-16)12-22/h6-11H,5,12,22H2,1-4H3. The minimum absolute atomic E-state index is 0.0950. The number of nitrogens with two attached hydrogens (primary N) is 1. The molecule has 0 radical (unpaired) electrons. The minimum atomic E-state index is -1.10. The van der Waals surface area contributed by atoms with Crippen LogP contribution >= 0.6 is 0 Å². The third kappa shape index (κ3) is 4.73. The minimum Gasteiger partial charge on any atom is -0.476 e. The Bertz CT molecular complexity index is 789. The Kier molecular flexibility index (Phi) is 6.21. The van der Waals surface area contributed by atoms with E-state index in [0.717, 1.165) is 5.56 Å². The Balaban J connectivity index is 2.15. The van der Waals surface area contributed by atoms with Crippen LogP contribution in [0.25, 0.3) is 0 Å². The first-order valence-electron chi connectivity index (χ1n) is 8.40. The van der Waals surface area contributed by atoms with Crippen LogP contribution in [0.15, 0.2) is 36.4 Å². The largest absolute Gasteiger partial charge is 0.476 e. The molecule has 0 spiro atoms. The number of halogens is 1. The highest BCUT2D eigenvalue weighted by Gasteiger charge is 2.32. The van der Waals surface area contributed by atoms with E-state index in [0.29, 0.717) is 29.4 Å².